The van der Waals surface area contributed by atoms with E-state index in [-0.39, 0.29) is 12.5 Å². The Balaban J connectivity index is 1.87. The quantitative estimate of drug-likeness (QED) is 0.413. The van der Waals surface area contributed by atoms with Crippen molar-refractivity contribution in [3.8, 4) is 0 Å². The molecule has 3 fully saturated rings. The molecule has 2 bridgehead atoms. The van der Waals surface area contributed by atoms with Gasteiger partial charge in [-0.3, -0.25) is 14.4 Å². The minimum atomic E-state index is -1.25. The zero-order valence-corrected chi connectivity index (χ0v) is 22.3. The Morgan fingerprint density at radius 3 is 2.11 bits per heavy atom. The number of rotatable bonds is 6. The highest BCUT2D eigenvalue weighted by Crippen LogP contribution is 2.67. The number of hydrogen-bond donors (Lipinski definition) is 0. The highest BCUT2D eigenvalue weighted by molar-refractivity contribution is 5.89. The monoisotopic (exact) mass is 516 g/mol. The van der Waals surface area contributed by atoms with Crippen molar-refractivity contribution in [1.82, 2.24) is 0 Å². The Labute approximate surface area is 217 Å². The van der Waals surface area contributed by atoms with Crippen molar-refractivity contribution in [2.75, 3.05) is 6.61 Å². The zero-order valence-electron chi connectivity index (χ0n) is 22.3. The number of carbonyl (C=O) groups is 4. The molecule has 1 aromatic rings. The van der Waals surface area contributed by atoms with Crippen molar-refractivity contribution in [3.05, 3.63) is 35.9 Å². The molecule has 2 aliphatic carbocycles. The molecule has 4 rings (SSSR count). The van der Waals surface area contributed by atoms with Crippen LogP contribution in [0, 0.1) is 17.3 Å². The second kappa shape index (κ2) is 9.74. The van der Waals surface area contributed by atoms with Crippen molar-refractivity contribution in [1.29, 1.82) is 0 Å². The minimum absolute atomic E-state index is 0.0254. The van der Waals surface area contributed by atoms with Crippen LogP contribution in [0.5, 0.6) is 0 Å². The number of carbonyl (C=O) groups excluding carboxylic acids is 4. The molecule has 3 aliphatic rings. The van der Waals surface area contributed by atoms with Gasteiger partial charge in [-0.2, -0.15) is 0 Å². The molecular formula is C28H36O9. The molecule has 0 N–H and O–H groups in total. The highest BCUT2D eigenvalue weighted by Gasteiger charge is 2.79. The van der Waals surface area contributed by atoms with Gasteiger partial charge in [0.2, 0.25) is 0 Å². The smallest absolute Gasteiger partial charge is 0.338 e. The molecule has 7 unspecified atom stereocenters. The first-order chi connectivity index (χ1) is 17.3. The maximum absolute atomic E-state index is 13.3. The molecule has 202 valence electrons. The van der Waals surface area contributed by atoms with Crippen LogP contribution < -0.4 is 0 Å². The van der Waals surface area contributed by atoms with Gasteiger partial charge in [0.05, 0.1) is 23.2 Å². The topological polar surface area (TPSA) is 114 Å². The molecule has 2 saturated carbocycles. The summed E-state index contributed by atoms with van der Waals surface area (Å²) in [5.74, 6) is -2.63. The maximum atomic E-state index is 13.3. The van der Waals surface area contributed by atoms with Crippen molar-refractivity contribution in [3.63, 3.8) is 0 Å². The Morgan fingerprint density at radius 2 is 1.51 bits per heavy atom. The lowest BCUT2D eigenvalue weighted by Crippen LogP contribution is -2.74. The largest absolute Gasteiger partial charge is 0.465 e. The van der Waals surface area contributed by atoms with Crippen LogP contribution in [0.25, 0.3) is 0 Å². The molecule has 0 radical (unpaired) electrons. The Morgan fingerprint density at radius 1 is 0.865 bits per heavy atom. The van der Waals surface area contributed by atoms with E-state index in [0.717, 1.165) is 0 Å². The van der Waals surface area contributed by atoms with Gasteiger partial charge in [0.1, 0.15) is 23.9 Å². The van der Waals surface area contributed by atoms with E-state index in [4.69, 9.17) is 23.7 Å². The molecule has 37 heavy (non-hydrogen) atoms. The zero-order chi connectivity index (χ0) is 27.2. The molecule has 1 aromatic carbocycles. The molecule has 1 aliphatic heterocycles. The lowest BCUT2D eigenvalue weighted by Gasteiger charge is -2.61. The van der Waals surface area contributed by atoms with Gasteiger partial charge in [-0.1, -0.05) is 18.2 Å². The third-order valence-electron chi connectivity index (χ3n) is 8.49. The number of benzene rings is 1. The van der Waals surface area contributed by atoms with Crippen LogP contribution in [0.4, 0.5) is 0 Å². The van der Waals surface area contributed by atoms with Crippen molar-refractivity contribution in [2.45, 2.75) is 90.3 Å². The second-order valence-corrected chi connectivity index (χ2v) is 11.1. The summed E-state index contributed by atoms with van der Waals surface area (Å²) < 4.78 is 30.4. The molecule has 9 heteroatoms. The standard InChI is InChI=1S/C28H36O9/c1-16(29)33-15-20-12-13-22(34-17(2)30)27(6)23(36-25(32)19-10-8-7-9-11-19)14-21-24(35-18(3)31)28(20,27)37-26(21,4)5/h7-11,20-24H,12-15H2,1-6H3. The predicted molar refractivity (Wildman–Crippen MR) is 130 cm³/mol. The summed E-state index contributed by atoms with van der Waals surface area (Å²) in [5, 5.41) is 0. The van der Waals surface area contributed by atoms with Gasteiger partial charge in [-0.05, 0) is 52.2 Å². The lowest BCUT2D eigenvalue weighted by molar-refractivity contribution is -0.292. The lowest BCUT2D eigenvalue weighted by atomic mass is 9.48. The van der Waals surface area contributed by atoms with Crippen LogP contribution in [0.15, 0.2) is 30.3 Å². The van der Waals surface area contributed by atoms with E-state index in [9.17, 15) is 19.2 Å². The van der Waals surface area contributed by atoms with Gasteiger partial charge in [0, 0.05) is 32.6 Å². The average molecular weight is 517 g/mol. The van der Waals surface area contributed by atoms with E-state index < -0.39 is 64.7 Å². The molecule has 1 heterocycles. The third-order valence-corrected chi connectivity index (χ3v) is 8.49. The number of ether oxygens (including phenoxy) is 5. The van der Waals surface area contributed by atoms with Crippen molar-refractivity contribution in [2.24, 2.45) is 17.3 Å². The summed E-state index contributed by atoms with van der Waals surface area (Å²) in [6.07, 6.45) is -0.899. The number of esters is 4. The molecule has 1 saturated heterocycles. The molecular weight excluding hydrogens is 480 g/mol. The summed E-state index contributed by atoms with van der Waals surface area (Å²) in [6.45, 7) is 9.75. The highest BCUT2D eigenvalue weighted by atomic mass is 16.6. The number of hydrogen-bond acceptors (Lipinski definition) is 9. The van der Waals surface area contributed by atoms with Crippen molar-refractivity contribution >= 4 is 23.9 Å². The van der Waals surface area contributed by atoms with Crippen LogP contribution in [-0.4, -0.2) is 60.0 Å². The molecule has 0 aromatic heterocycles. The third kappa shape index (κ3) is 4.51. The summed E-state index contributed by atoms with van der Waals surface area (Å²) in [5.41, 5.74) is -2.75. The van der Waals surface area contributed by atoms with Crippen LogP contribution in [0.3, 0.4) is 0 Å². The fourth-order valence-corrected chi connectivity index (χ4v) is 6.96. The van der Waals surface area contributed by atoms with Crippen molar-refractivity contribution < 1.29 is 42.9 Å². The van der Waals surface area contributed by atoms with Crippen LogP contribution in [-0.2, 0) is 38.1 Å². The summed E-state index contributed by atoms with van der Waals surface area (Å²) in [7, 11) is 0. The van der Waals surface area contributed by atoms with Gasteiger partial charge >= 0.3 is 23.9 Å². The summed E-state index contributed by atoms with van der Waals surface area (Å²) >= 11 is 0. The Bertz CT molecular complexity index is 1070. The van der Waals surface area contributed by atoms with Gasteiger partial charge in [0.15, 0.2) is 0 Å². The molecule has 7 atom stereocenters. The molecule has 0 amide bonds. The van der Waals surface area contributed by atoms with E-state index in [1.807, 2.05) is 26.8 Å². The van der Waals surface area contributed by atoms with Crippen LogP contribution in [0.1, 0.15) is 71.2 Å². The Kier molecular flexibility index (Phi) is 7.14. The fourth-order valence-electron chi connectivity index (χ4n) is 6.96. The first kappa shape index (κ1) is 27.1. The van der Waals surface area contributed by atoms with Gasteiger partial charge < -0.3 is 23.7 Å². The first-order valence-corrected chi connectivity index (χ1v) is 12.8. The van der Waals surface area contributed by atoms with Crippen LogP contribution >= 0.6 is 0 Å². The van der Waals surface area contributed by atoms with E-state index in [2.05, 4.69) is 0 Å². The van der Waals surface area contributed by atoms with E-state index in [0.29, 0.717) is 24.8 Å². The van der Waals surface area contributed by atoms with Gasteiger partial charge in [-0.25, -0.2) is 4.79 Å². The van der Waals surface area contributed by atoms with E-state index in [1.165, 1.54) is 20.8 Å². The fraction of sp³-hybridized carbons (Fsp3) is 0.643. The SMILES string of the molecule is CC(=O)OCC1CCC(OC(C)=O)C2(C)C(OC(=O)c3ccccc3)CC3C(OC(C)=O)C12OC3(C)C. The normalized spacial score (nSPS) is 35.6. The average Bonchev–Trinajstić information content (AvgIpc) is 2.98. The van der Waals surface area contributed by atoms with E-state index >= 15 is 0 Å². The minimum Gasteiger partial charge on any atom is -0.465 e. The van der Waals surface area contributed by atoms with Crippen LogP contribution in [0.2, 0.25) is 0 Å². The Hall–Kier alpha value is -2.94. The first-order valence-electron chi connectivity index (χ1n) is 12.8. The van der Waals surface area contributed by atoms with Gasteiger partial charge in [-0.15, -0.1) is 0 Å². The molecule has 9 nitrogen and oxygen atoms in total. The maximum Gasteiger partial charge on any atom is 0.338 e. The van der Waals surface area contributed by atoms with Gasteiger partial charge in [0.25, 0.3) is 0 Å². The summed E-state index contributed by atoms with van der Waals surface area (Å²) in [4.78, 5) is 49.7. The number of fused-ring (bicyclic) bond motifs is 1. The second-order valence-electron chi connectivity index (χ2n) is 11.1. The molecule has 1 spiro atoms. The predicted octanol–water partition coefficient (Wildman–Crippen LogP) is 3.62. The summed E-state index contributed by atoms with van der Waals surface area (Å²) in [6, 6.07) is 8.67. The van der Waals surface area contributed by atoms with E-state index in [1.54, 1.807) is 24.3 Å².